The maximum absolute atomic E-state index is 12.4. The van der Waals surface area contributed by atoms with Crippen LogP contribution in [0.25, 0.3) is 0 Å². The van der Waals surface area contributed by atoms with Crippen molar-refractivity contribution < 1.29 is 29.4 Å². The molecule has 1 aromatic carbocycles. The number of carbonyl (C=O) groups excluding carboxylic acids is 2. The van der Waals surface area contributed by atoms with Gasteiger partial charge in [-0.05, 0) is 31.9 Å². The first kappa shape index (κ1) is 18.6. The van der Waals surface area contributed by atoms with Gasteiger partial charge in [0.05, 0.1) is 18.0 Å². The smallest absolute Gasteiger partial charge is 0.414 e. The van der Waals surface area contributed by atoms with Crippen molar-refractivity contribution in [3.05, 3.63) is 35.9 Å². The number of likely N-dealkylation sites (tertiary alicyclic amines) is 1. The van der Waals surface area contributed by atoms with Crippen LogP contribution in [0.15, 0.2) is 30.3 Å². The van der Waals surface area contributed by atoms with Crippen molar-refractivity contribution >= 4 is 23.8 Å². The molecule has 2 saturated heterocycles. The number of amides is 2. The van der Waals surface area contributed by atoms with Gasteiger partial charge in [-0.1, -0.05) is 30.3 Å². The van der Waals surface area contributed by atoms with Gasteiger partial charge >= 0.3 is 11.9 Å². The Hall–Kier alpha value is -2.74. The minimum absolute atomic E-state index is 0.0152. The molecule has 0 aliphatic carbocycles. The fourth-order valence-corrected chi connectivity index (χ4v) is 3.11. The number of rotatable bonds is 2. The first-order valence-electron chi connectivity index (χ1n) is 7.96. The van der Waals surface area contributed by atoms with Gasteiger partial charge in [-0.3, -0.25) is 14.5 Å². The molecule has 0 unspecified atom stereocenters. The molecule has 3 N–H and O–H groups in total. The highest BCUT2D eigenvalue weighted by molar-refractivity contribution is 6.27. The zero-order valence-electron chi connectivity index (χ0n) is 13.7. The minimum Gasteiger partial charge on any atom is -0.473 e. The molecule has 3 atom stereocenters. The fourth-order valence-electron chi connectivity index (χ4n) is 3.11. The van der Waals surface area contributed by atoms with Crippen molar-refractivity contribution in [2.75, 3.05) is 6.54 Å². The second-order valence-corrected chi connectivity index (χ2v) is 5.92. The number of carbonyl (C=O) groups is 4. The molecule has 2 fully saturated rings. The molecule has 0 bridgehead atoms. The zero-order chi connectivity index (χ0) is 18.6. The predicted molar refractivity (Wildman–Crippen MR) is 86.5 cm³/mol. The monoisotopic (exact) mass is 348 g/mol. The molecule has 2 aliphatic heterocycles. The van der Waals surface area contributed by atoms with Gasteiger partial charge < -0.3 is 15.5 Å². The summed E-state index contributed by atoms with van der Waals surface area (Å²) < 4.78 is 0. The number of nitrogens with one attached hydrogen (secondary N) is 1. The van der Waals surface area contributed by atoms with Crippen molar-refractivity contribution in [2.45, 2.75) is 31.8 Å². The molecule has 2 aliphatic rings. The molecule has 8 nitrogen and oxygen atoms in total. The first-order chi connectivity index (χ1) is 11.8. The van der Waals surface area contributed by atoms with Gasteiger partial charge in [-0.15, -0.1) is 0 Å². The number of imide groups is 1. The summed E-state index contributed by atoms with van der Waals surface area (Å²) in [5, 5.41) is 18.0. The molecule has 3 rings (SSSR count). The number of carboxylic acid groups (broad SMARTS) is 2. The Labute approximate surface area is 144 Å². The van der Waals surface area contributed by atoms with Crippen molar-refractivity contribution in [2.24, 2.45) is 5.92 Å². The van der Waals surface area contributed by atoms with Crippen molar-refractivity contribution in [1.29, 1.82) is 0 Å². The Morgan fingerprint density at radius 3 is 2.24 bits per heavy atom. The molecule has 0 spiro atoms. The number of carboxylic acids is 2. The van der Waals surface area contributed by atoms with Crippen LogP contribution in [0.5, 0.6) is 0 Å². The highest BCUT2D eigenvalue weighted by atomic mass is 16.4. The van der Waals surface area contributed by atoms with Gasteiger partial charge in [-0.2, -0.15) is 0 Å². The fraction of sp³-hybridized carbons (Fsp3) is 0.412. The van der Waals surface area contributed by atoms with E-state index >= 15 is 0 Å². The lowest BCUT2D eigenvalue weighted by Crippen LogP contribution is -2.44. The van der Waals surface area contributed by atoms with E-state index in [1.165, 1.54) is 4.90 Å². The van der Waals surface area contributed by atoms with Crippen LogP contribution in [-0.2, 0) is 19.2 Å². The summed E-state index contributed by atoms with van der Waals surface area (Å²) in [4.78, 5) is 44.5. The lowest BCUT2D eigenvalue weighted by Gasteiger charge is -2.23. The molecule has 0 saturated carbocycles. The van der Waals surface area contributed by atoms with Crippen molar-refractivity contribution in [1.82, 2.24) is 10.2 Å². The number of aliphatic carboxylic acids is 2. The summed E-state index contributed by atoms with van der Waals surface area (Å²) in [6, 6.07) is 9.23. The molecular formula is C17H20N2O6. The lowest BCUT2D eigenvalue weighted by atomic mass is 9.93. The number of piperidine rings is 1. The summed E-state index contributed by atoms with van der Waals surface area (Å²) in [5.74, 6) is -3.89. The molecule has 1 aromatic rings. The van der Waals surface area contributed by atoms with E-state index in [-0.39, 0.29) is 29.8 Å². The number of nitrogens with zero attached hydrogens (tertiary/aromatic N) is 1. The summed E-state index contributed by atoms with van der Waals surface area (Å²) in [5.41, 5.74) is 1.00. The maximum atomic E-state index is 12.4. The molecule has 25 heavy (non-hydrogen) atoms. The van der Waals surface area contributed by atoms with E-state index in [1.54, 1.807) is 0 Å². The van der Waals surface area contributed by atoms with Crippen LogP contribution in [0.2, 0.25) is 0 Å². The van der Waals surface area contributed by atoms with Gasteiger partial charge in [0.15, 0.2) is 0 Å². The van der Waals surface area contributed by atoms with Crippen LogP contribution >= 0.6 is 0 Å². The largest absolute Gasteiger partial charge is 0.473 e. The predicted octanol–water partition coefficient (Wildman–Crippen LogP) is 0.640. The van der Waals surface area contributed by atoms with E-state index in [0.717, 1.165) is 24.9 Å². The number of hydrogen-bond acceptors (Lipinski definition) is 5. The second kappa shape index (κ2) is 7.89. The van der Waals surface area contributed by atoms with E-state index in [0.29, 0.717) is 0 Å². The van der Waals surface area contributed by atoms with Crippen LogP contribution in [0.4, 0.5) is 0 Å². The molecule has 2 amide bonds. The van der Waals surface area contributed by atoms with Gasteiger partial charge in [-0.25, -0.2) is 9.59 Å². The third kappa shape index (κ3) is 4.03. The normalized spacial score (nSPS) is 23.3. The highest BCUT2D eigenvalue weighted by Gasteiger charge is 2.49. The SMILES string of the molecule is C[C@@H](c1ccccc1)N1C(=O)[C@H]2NCCC[C@H]2C1=O.O=C(O)C(=O)O. The van der Waals surface area contributed by atoms with E-state index in [1.807, 2.05) is 37.3 Å². The Bertz CT molecular complexity index is 639. The molecule has 134 valence electrons. The standard InChI is InChI=1S/C15H18N2O2.C2H2O4/c1-10(11-6-3-2-4-7-11)17-14(18)12-8-5-9-16-13(12)15(17)19;3-1(4)2(5)6/h2-4,6-7,10,12-13,16H,5,8-9H2,1H3;(H,3,4)(H,5,6)/t10-,12+,13-;/m0./s1. The third-order valence-corrected chi connectivity index (χ3v) is 4.37. The highest BCUT2D eigenvalue weighted by Crippen LogP contribution is 2.33. The van der Waals surface area contributed by atoms with Crippen molar-refractivity contribution in [3.8, 4) is 0 Å². The van der Waals surface area contributed by atoms with Crippen LogP contribution in [0, 0.1) is 5.92 Å². The van der Waals surface area contributed by atoms with Gasteiger partial charge in [0.2, 0.25) is 11.8 Å². The van der Waals surface area contributed by atoms with Crippen LogP contribution in [0.3, 0.4) is 0 Å². The summed E-state index contributed by atoms with van der Waals surface area (Å²) in [6.45, 7) is 2.75. The molecule has 8 heteroatoms. The van der Waals surface area contributed by atoms with E-state index in [9.17, 15) is 9.59 Å². The topological polar surface area (TPSA) is 124 Å². The van der Waals surface area contributed by atoms with Gasteiger partial charge in [0, 0.05) is 0 Å². The first-order valence-corrected chi connectivity index (χ1v) is 7.96. The van der Waals surface area contributed by atoms with E-state index in [2.05, 4.69) is 5.32 Å². The average molecular weight is 348 g/mol. The minimum atomic E-state index is -1.82. The molecular weight excluding hydrogens is 328 g/mol. The quantitative estimate of drug-likeness (QED) is 0.529. The van der Waals surface area contributed by atoms with Gasteiger partial charge in [0.25, 0.3) is 0 Å². The third-order valence-electron chi connectivity index (χ3n) is 4.37. The van der Waals surface area contributed by atoms with E-state index in [4.69, 9.17) is 19.8 Å². The lowest BCUT2D eigenvalue weighted by molar-refractivity contribution is -0.159. The van der Waals surface area contributed by atoms with Crippen LogP contribution < -0.4 is 5.32 Å². The average Bonchev–Trinajstić information content (AvgIpc) is 2.87. The van der Waals surface area contributed by atoms with Gasteiger partial charge in [0.1, 0.15) is 0 Å². The molecule has 0 aromatic heterocycles. The molecule has 0 radical (unpaired) electrons. The Balaban J connectivity index is 0.000000326. The summed E-state index contributed by atoms with van der Waals surface area (Å²) in [6.07, 6.45) is 1.79. The zero-order valence-corrected chi connectivity index (χ0v) is 13.7. The summed E-state index contributed by atoms with van der Waals surface area (Å²) in [7, 11) is 0. The van der Waals surface area contributed by atoms with E-state index < -0.39 is 11.9 Å². The Morgan fingerprint density at radius 2 is 1.72 bits per heavy atom. The van der Waals surface area contributed by atoms with Crippen LogP contribution in [0.1, 0.15) is 31.4 Å². The number of hydrogen-bond donors (Lipinski definition) is 3. The Kier molecular flexibility index (Phi) is 5.87. The van der Waals surface area contributed by atoms with Crippen molar-refractivity contribution in [3.63, 3.8) is 0 Å². The van der Waals surface area contributed by atoms with Crippen LogP contribution in [-0.4, -0.2) is 51.5 Å². The number of benzene rings is 1. The Morgan fingerprint density at radius 1 is 1.12 bits per heavy atom. The number of fused-ring (bicyclic) bond motifs is 1. The summed E-state index contributed by atoms with van der Waals surface area (Å²) >= 11 is 0. The second-order valence-electron chi connectivity index (χ2n) is 5.92. The molecule has 2 heterocycles. The maximum Gasteiger partial charge on any atom is 0.414 e.